The Morgan fingerprint density at radius 2 is 1.90 bits per heavy atom. The van der Waals surface area contributed by atoms with Crippen molar-refractivity contribution in [3.8, 4) is 0 Å². The van der Waals surface area contributed by atoms with Gasteiger partial charge in [0.05, 0.1) is 23.7 Å². The molecule has 0 saturated carbocycles. The highest BCUT2D eigenvalue weighted by atomic mass is 127. The number of halogens is 1. The lowest BCUT2D eigenvalue weighted by Crippen LogP contribution is -2.33. The molecule has 1 aliphatic heterocycles. The first-order valence-corrected chi connectivity index (χ1v) is 11.8. The number of carbonyl (C=O) groups excluding carboxylic acids is 2. The maximum absolute atomic E-state index is 12.7. The Morgan fingerprint density at radius 1 is 1.20 bits per heavy atom. The highest BCUT2D eigenvalue weighted by molar-refractivity contribution is 14.1. The second-order valence-corrected chi connectivity index (χ2v) is 9.48. The van der Waals surface area contributed by atoms with Crippen molar-refractivity contribution in [2.45, 2.75) is 19.8 Å². The third-order valence-electron chi connectivity index (χ3n) is 4.33. The Balaban J connectivity index is 1.57. The second-order valence-electron chi connectivity index (χ2n) is 6.56. The number of hydrogen-bond acceptors (Lipinski definition) is 6. The lowest BCUT2D eigenvalue weighted by molar-refractivity contribution is -0.121. The van der Waals surface area contributed by atoms with Crippen molar-refractivity contribution in [3.63, 3.8) is 0 Å². The molecular formula is C22H21IN2O3S2. The van der Waals surface area contributed by atoms with Gasteiger partial charge in [-0.15, -0.1) is 0 Å². The first-order chi connectivity index (χ1) is 14.5. The zero-order valence-corrected chi connectivity index (χ0v) is 20.2. The molecule has 1 amide bonds. The molecular weight excluding hydrogens is 531 g/mol. The Kier molecular flexibility index (Phi) is 8.29. The summed E-state index contributed by atoms with van der Waals surface area (Å²) in [5, 5.41) is 3.18. The maximum Gasteiger partial charge on any atom is 0.338 e. The zero-order chi connectivity index (χ0) is 21.5. The van der Waals surface area contributed by atoms with E-state index in [1.165, 1.54) is 16.7 Å². The van der Waals surface area contributed by atoms with Gasteiger partial charge in [-0.25, -0.2) is 4.79 Å². The molecule has 30 heavy (non-hydrogen) atoms. The molecule has 156 valence electrons. The molecule has 0 spiro atoms. The molecule has 0 bridgehead atoms. The van der Waals surface area contributed by atoms with Gasteiger partial charge in [0, 0.05) is 9.26 Å². The fourth-order valence-electron chi connectivity index (χ4n) is 2.63. The van der Waals surface area contributed by atoms with Gasteiger partial charge in [0.2, 0.25) is 0 Å². The summed E-state index contributed by atoms with van der Waals surface area (Å²) in [5.74, 6) is -0.445. The molecule has 0 unspecified atom stereocenters. The molecule has 1 aliphatic rings. The number of unbranched alkanes of at least 4 members (excludes halogenated alkanes) is 1. The van der Waals surface area contributed by atoms with E-state index in [0.29, 0.717) is 21.4 Å². The van der Waals surface area contributed by atoms with E-state index in [-0.39, 0.29) is 18.5 Å². The van der Waals surface area contributed by atoms with E-state index in [1.807, 2.05) is 37.3 Å². The Morgan fingerprint density at radius 3 is 2.57 bits per heavy atom. The fraction of sp³-hybridized carbons (Fsp3) is 0.227. The number of thioether (sulfide) groups is 1. The topological polar surface area (TPSA) is 58.6 Å². The van der Waals surface area contributed by atoms with E-state index in [9.17, 15) is 9.59 Å². The highest BCUT2D eigenvalue weighted by Gasteiger charge is 2.31. The molecule has 1 N–H and O–H groups in total. The van der Waals surface area contributed by atoms with Crippen LogP contribution in [-0.4, -0.2) is 34.4 Å². The molecule has 0 radical (unpaired) electrons. The number of thiocarbonyl (C=S) groups is 1. The van der Waals surface area contributed by atoms with Crippen LogP contribution >= 0.6 is 46.6 Å². The molecule has 8 heteroatoms. The van der Waals surface area contributed by atoms with E-state index in [0.717, 1.165) is 27.7 Å². The number of anilines is 1. The molecule has 3 rings (SSSR count). The van der Waals surface area contributed by atoms with Crippen LogP contribution in [0.2, 0.25) is 0 Å². The molecule has 2 aromatic carbocycles. The van der Waals surface area contributed by atoms with Gasteiger partial charge in [-0.3, -0.25) is 9.69 Å². The normalized spacial score (nSPS) is 15.0. The highest BCUT2D eigenvalue weighted by Crippen LogP contribution is 2.32. The number of hydrogen-bond donors (Lipinski definition) is 1. The zero-order valence-electron chi connectivity index (χ0n) is 16.4. The van der Waals surface area contributed by atoms with Crippen molar-refractivity contribution >= 4 is 74.5 Å². The van der Waals surface area contributed by atoms with Gasteiger partial charge in [-0.2, -0.15) is 0 Å². The van der Waals surface area contributed by atoms with Crippen molar-refractivity contribution in [2.75, 3.05) is 18.6 Å². The minimum atomic E-state index is -0.326. The predicted octanol–water partition coefficient (Wildman–Crippen LogP) is 5.52. The van der Waals surface area contributed by atoms with Crippen molar-refractivity contribution in [1.29, 1.82) is 0 Å². The summed E-state index contributed by atoms with van der Waals surface area (Å²) in [5.41, 5.74) is 2.25. The fourth-order valence-corrected chi connectivity index (χ4v) is 4.25. The smallest absolute Gasteiger partial charge is 0.338 e. The number of benzene rings is 2. The van der Waals surface area contributed by atoms with Crippen LogP contribution in [0.4, 0.5) is 5.69 Å². The van der Waals surface area contributed by atoms with E-state index in [4.69, 9.17) is 17.0 Å². The number of amides is 1. The molecule has 1 fully saturated rings. The summed E-state index contributed by atoms with van der Waals surface area (Å²) in [7, 11) is 0. The van der Waals surface area contributed by atoms with E-state index in [1.54, 1.807) is 24.3 Å². The van der Waals surface area contributed by atoms with Crippen LogP contribution in [0.3, 0.4) is 0 Å². The summed E-state index contributed by atoms with van der Waals surface area (Å²) >= 11 is 8.92. The van der Waals surface area contributed by atoms with Gasteiger partial charge in [-0.05, 0) is 77.0 Å². The summed E-state index contributed by atoms with van der Waals surface area (Å²) in [6.45, 7) is 2.74. The average molecular weight is 552 g/mol. The monoisotopic (exact) mass is 552 g/mol. The molecule has 1 saturated heterocycles. The van der Waals surface area contributed by atoms with E-state index in [2.05, 4.69) is 27.9 Å². The van der Waals surface area contributed by atoms with Crippen molar-refractivity contribution in [1.82, 2.24) is 4.90 Å². The number of ether oxygens (including phenoxy) is 1. The maximum atomic E-state index is 12.7. The van der Waals surface area contributed by atoms with Gasteiger partial charge >= 0.3 is 5.97 Å². The summed E-state index contributed by atoms with van der Waals surface area (Å²) in [6, 6.07) is 14.9. The number of nitrogens with one attached hydrogen (secondary N) is 1. The van der Waals surface area contributed by atoms with Crippen LogP contribution in [0, 0.1) is 3.57 Å². The molecule has 0 aromatic heterocycles. The average Bonchev–Trinajstić information content (AvgIpc) is 3.01. The first-order valence-electron chi connectivity index (χ1n) is 9.50. The van der Waals surface area contributed by atoms with Crippen molar-refractivity contribution in [3.05, 3.63) is 68.1 Å². The number of carbonyl (C=O) groups is 2. The van der Waals surface area contributed by atoms with Crippen LogP contribution in [0.1, 0.15) is 35.7 Å². The number of rotatable bonds is 8. The Bertz CT molecular complexity index is 959. The summed E-state index contributed by atoms with van der Waals surface area (Å²) in [4.78, 5) is 26.8. The largest absolute Gasteiger partial charge is 0.462 e. The number of esters is 1. The SMILES string of the molecule is CCCCOC(=O)c1ccc(NCN2C(=O)/C(=C\c3ccc(I)cc3)SC2=S)cc1. The lowest BCUT2D eigenvalue weighted by atomic mass is 10.2. The van der Waals surface area contributed by atoms with Gasteiger partial charge in [-0.1, -0.05) is 49.5 Å². The molecule has 1 heterocycles. The summed E-state index contributed by atoms with van der Waals surface area (Å²) < 4.78 is 6.86. The predicted molar refractivity (Wildman–Crippen MR) is 134 cm³/mol. The van der Waals surface area contributed by atoms with Crippen LogP contribution in [0.5, 0.6) is 0 Å². The van der Waals surface area contributed by atoms with Crippen LogP contribution in [-0.2, 0) is 9.53 Å². The second kappa shape index (κ2) is 10.9. The van der Waals surface area contributed by atoms with Crippen LogP contribution in [0.15, 0.2) is 53.4 Å². The van der Waals surface area contributed by atoms with Crippen LogP contribution in [0.25, 0.3) is 6.08 Å². The van der Waals surface area contributed by atoms with Crippen LogP contribution < -0.4 is 5.32 Å². The Labute approximate surface area is 199 Å². The first kappa shape index (κ1) is 22.8. The summed E-state index contributed by atoms with van der Waals surface area (Å²) in [6.07, 6.45) is 3.69. The van der Waals surface area contributed by atoms with Gasteiger partial charge in [0.25, 0.3) is 5.91 Å². The Hall–Kier alpha value is -1.91. The minimum absolute atomic E-state index is 0.118. The molecule has 2 aromatic rings. The third-order valence-corrected chi connectivity index (χ3v) is 6.43. The quantitative estimate of drug-likeness (QED) is 0.153. The molecule has 5 nitrogen and oxygen atoms in total. The van der Waals surface area contributed by atoms with Crippen molar-refractivity contribution < 1.29 is 14.3 Å². The molecule has 0 aliphatic carbocycles. The molecule has 0 atom stereocenters. The third kappa shape index (κ3) is 6.05. The number of nitrogens with zero attached hydrogens (tertiary/aromatic N) is 1. The van der Waals surface area contributed by atoms with Gasteiger partial charge < -0.3 is 10.1 Å². The lowest BCUT2D eigenvalue weighted by Gasteiger charge is -2.16. The standard InChI is InChI=1S/C22H21IN2O3S2/c1-2-3-12-28-21(27)16-6-10-18(11-7-16)24-14-25-20(26)19(30-22(25)29)13-15-4-8-17(23)9-5-15/h4-11,13,24H,2-3,12,14H2,1H3/b19-13+. The van der Waals surface area contributed by atoms with E-state index >= 15 is 0 Å². The van der Waals surface area contributed by atoms with Crippen molar-refractivity contribution in [2.24, 2.45) is 0 Å². The van der Waals surface area contributed by atoms with Gasteiger partial charge in [0.1, 0.15) is 4.32 Å². The van der Waals surface area contributed by atoms with Gasteiger partial charge in [0.15, 0.2) is 0 Å². The van der Waals surface area contributed by atoms with E-state index < -0.39 is 0 Å². The minimum Gasteiger partial charge on any atom is -0.462 e.